The summed E-state index contributed by atoms with van der Waals surface area (Å²) in [5, 5.41) is 12.1. The van der Waals surface area contributed by atoms with Crippen LogP contribution in [-0.4, -0.2) is 39.9 Å². The van der Waals surface area contributed by atoms with Crippen LogP contribution >= 0.6 is 0 Å². The fourth-order valence-electron chi connectivity index (χ4n) is 3.21. The maximum absolute atomic E-state index is 11.7. The Kier molecular flexibility index (Phi) is 5.53. The molecule has 1 fully saturated rings. The molecule has 0 aliphatic carbocycles. The minimum Gasteiger partial charge on any atom is -0.381 e. The lowest BCUT2D eigenvalue weighted by Crippen LogP contribution is -2.29. The Morgan fingerprint density at radius 2 is 2.12 bits per heavy atom. The second kappa shape index (κ2) is 7.82. The van der Waals surface area contributed by atoms with Gasteiger partial charge in [0, 0.05) is 50.0 Å². The summed E-state index contributed by atoms with van der Waals surface area (Å²) in [6.45, 7) is 8.72. The maximum Gasteiger partial charge on any atom is 0.219 e. The predicted molar refractivity (Wildman–Crippen MR) is 97.5 cm³/mol. The van der Waals surface area contributed by atoms with E-state index in [2.05, 4.69) is 22.7 Å². The van der Waals surface area contributed by atoms with E-state index >= 15 is 0 Å². The molecule has 2 aromatic heterocycles. The van der Waals surface area contributed by atoms with Gasteiger partial charge in [-0.3, -0.25) is 4.79 Å². The highest BCUT2D eigenvalue weighted by molar-refractivity contribution is 5.91. The van der Waals surface area contributed by atoms with Gasteiger partial charge in [0.25, 0.3) is 0 Å². The highest BCUT2D eigenvalue weighted by Gasteiger charge is 2.20. The number of ether oxygens (including phenoxy) is 1. The Bertz CT molecular complexity index is 749. The molecule has 2 N–H and O–H groups in total. The fourth-order valence-corrected chi connectivity index (χ4v) is 3.21. The van der Waals surface area contributed by atoms with E-state index in [0.717, 1.165) is 60.6 Å². The number of aromatic nitrogens is 3. The number of nitrogens with zero attached hydrogens (tertiary/aromatic N) is 3. The van der Waals surface area contributed by atoms with Crippen molar-refractivity contribution < 1.29 is 9.53 Å². The highest BCUT2D eigenvalue weighted by Crippen LogP contribution is 2.30. The van der Waals surface area contributed by atoms with Crippen LogP contribution in [0.4, 0.5) is 5.69 Å². The molecule has 25 heavy (non-hydrogen) atoms. The molecule has 1 amide bonds. The number of amides is 1. The van der Waals surface area contributed by atoms with Crippen molar-refractivity contribution >= 4 is 22.6 Å². The predicted octanol–water partition coefficient (Wildman–Crippen LogP) is 2.38. The number of hydrogen-bond acceptors (Lipinski definition) is 5. The summed E-state index contributed by atoms with van der Waals surface area (Å²) in [5.41, 5.74) is 3.90. The summed E-state index contributed by atoms with van der Waals surface area (Å²) < 4.78 is 7.38. The van der Waals surface area contributed by atoms with E-state index in [1.54, 1.807) is 0 Å². The van der Waals surface area contributed by atoms with Gasteiger partial charge in [0.05, 0.1) is 17.3 Å². The van der Waals surface area contributed by atoms with E-state index in [-0.39, 0.29) is 5.91 Å². The number of nitrogens with one attached hydrogen (secondary N) is 2. The lowest BCUT2D eigenvalue weighted by molar-refractivity contribution is -0.120. The van der Waals surface area contributed by atoms with E-state index in [9.17, 15) is 4.79 Å². The van der Waals surface area contributed by atoms with Crippen molar-refractivity contribution in [1.29, 1.82) is 0 Å². The van der Waals surface area contributed by atoms with Crippen LogP contribution in [0.2, 0.25) is 0 Å². The van der Waals surface area contributed by atoms with E-state index in [0.29, 0.717) is 19.0 Å². The molecule has 1 aliphatic rings. The third-order valence-electron chi connectivity index (χ3n) is 4.75. The van der Waals surface area contributed by atoms with Gasteiger partial charge in [-0.25, -0.2) is 9.67 Å². The summed E-state index contributed by atoms with van der Waals surface area (Å²) in [6, 6.07) is 0.365. The molecule has 1 aliphatic heterocycles. The zero-order chi connectivity index (χ0) is 17.8. The molecule has 7 nitrogen and oxygen atoms in total. The minimum atomic E-state index is 0.0424. The van der Waals surface area contributed by atoms with Crippen LogP contribution in [0.5, 0.6) is 0 Å². The summed E-state index contributed by atoms with van der Waals surface area (Å²) in [7, 11) is 0. The molecule has 2 aromatic rings. The van der Waals surface area contributed by atoms with E-state index in [1.165, 1.54) is 0 Å². The normalized spacial score (nSPS) is 15.5. The first kappa shape index (κ1) is 17.7. The molecule has 3 rings (SSSR count). The van der Waals surface area contributed by atoms with Gasteiger partial charge in [-0.15, -0.1) is 0 Å². The molecule has 1 saturated heterocycles. The van der Waals surface area contributed by atoms with Crippen LogP contribution in [0.25, 0.3) is 11.0 Å². The van der Waals surface area contributed by atoms with Crippen molar-refractivity contribution in [2.24, 2.45) is 0 Å². The summed E-state index contributed by atoms with van der Waals surface area (Å²) >= 11 is 0. The first-order valence-electron chi connectivity index (χ1n) is 9.10. The lowest BCUT2D eigenvalue weighted by Gasteiger charge is -2.26. The van der Waals surface area contributed by atoms with Gasteiger partial charge in [-0.05, 0) is 26.7 Å². The highest BCUT2D eigenvalue weighted by atomic mass is 16.5. The first-order valence-corrected chi connectivity index (χ1v) is 9.10. The second-order valence-electron chi connectivity index (χ2n) is 6.41. The van der Waals surface area contributed by atoms with Crippen LogP contribution < -0.4 is 10.6 Å². The topological polar surface area (TPSA) is 81.1 Å². The van der Waals surface area contributed by atoms with E-state index < -0.39 is 0 Å². The van der Waals surface area contributed by atoms with Crippen LogP contribution in [0.1, 0.15) is 44.4 Å². The molecule has 0 unspecified atom stereocenters. The van der Waals surface area contributed by atoms with Gasteiger partial charge >= 0.3 is 0 Å². The molecule has 0 saturated carbocycles. The molecule has 0 aromatic carbocycles. The molecular formula is C18H27N5O2. The molecule has 0 bridgehead atoms. The monoisotopic (exact) mass is 345 g/mol. The molecule has 136 valence electrons. The largest absolute Gasteiger partial charge is 0.381 e. The second-order valence-corrected chi connectivity index (χ2v) is 6.41. The van der Waals surface area contributed by atoms with Crippen molar-refractivity contribution in [2.45, 2.75) is 59.2 Å². The average Bonchev–Trinajstić information content (AvgIpc) is 3.04. The van der Waals surface area contributed by atoms with Gasteiger partial charge in [0.2, 0.25) is 5.91 Å². The van der Waals surface area contributed by atoms with Crippen LogP contribution in [0, 0.1) is 6.92 Å². The zero-order valence-corrected chi connectivity index (χ0v) is 15.3. The maximum atomic E-state index is 11.7. The number of carbonyl (C=O) groups excluding carboxylic acids is 1. The first-order chi connectivity index (χ1) is 12.1. The van der Waals surface area contributed by atoms with Gasteiger partial charge in [0.1, 0.15) is 0 Å². The SMILES string of the molecule is CCC(=O)NCc1c(C)nc2c(cnn2CC)c1NC1CCOCC1. The molecule has 0 spiro atoms. The van der Waals surface area contributed by atoms with Crippen molar-refractivity contribution in [3.05, 3.63) is 17.5 Å². The van der Waals surface area contributed by atoms with Gasteiger partial charge < -0.3 is 15.4 Å². The number of anilines is 1. The standard InChI is InChI=1S/C18H27N5O2/c1-4-16(24)19-10-14-12(3)21-18-15(11-20-23(18)5-2)17(14)22-13-6-8-25-9-7-13/h11,13H,4-10H2,1-3H3,(H,19,24)(H,21,22). The smallest absolute Gasteiger partial charge is 0.219 e. The van der Waals surface area contributed by atoms with Crippen molar-refractivity contribution in [2.75, 3.05) is 18.5 Å². The van der Waals surface area contributed by atoms with Gasteiger partial charge in [0.15, 0.2) is 5.65 Å². The number of fused-ring (bicyclic) bond motifs is 1. The third kappa shape index (κ3) is 3.76. The molecule has 3 heterocycles. The fraction of sp³-hybridized carbons (Fsp3) is 0.611. The van der Waals surface area contributed by atoms with Crippen molar-refractivity contribution in [3.63, 3.8) is 0 Å². The molecule has 7 heteroatoms. The Morgan fingerprint density at radius 1 is 1.36 bits per heavy atom. The third-order valence-corrected chi connectivity index (χ3v) is 4.75. The number of hydrogen-bond donors (Lipinski definition) is 2. The van der Waals surface area contributed by atoms with Crippen molar-refractivity contribution in [3.8, 4) is 0 Å². The number of pyridine rings is 1. The van der Waals surface area contributed by atoms with E-state index in [4.69, 9.17) is 9.72 Å². The Hall–Kier alpha value is -2.15. The molecule has 0 atom stereocenters. The van der Waals surface area contributed by atoms with Gasteiger partial charge in [-0.2, -0.15) is 5.10 Å². The molecule has 0 radical (unpaired) electrons. The van der Waals surface area contributed by atoms with Gasteiger partial charge in [-0.1, -0.05) is 6.92 Å². The number of rotatable bonds is 6. The van der Waals surface area contributed by atoms with E-state index in [1.807, 2.05) is 24.7 Å². The minimum absolute atomic E-state index is 0.0424. The van der Waals surface area contributed by atoms with Crippen molar-refractivity contribution in [1.82, 2.24) is 20.1 Å². The van der Waals surface area contributed by atoms with Crippen LogP contribution in [0.3, 0.4) is 0 Å². The lowest BCUT2D eigenvalue weighted by atomic mass is 10.0. The Labute approximate surface area is 148 Å². The Balaban J connectivity index is 2.00. The summed E-state index contributed by atoms with van der Waals surface area (Å²) in [5.74, 6) is 0.0424. The van der Waals surface area contributed by atoms with Crippen LogP contribution in [-0.2, 0) is 22.6 Å². The quantitative estimate of drug-likeness (QED) is 0.840. The summed E-state index contributed by atoms with van der Waals surface area (Å²) in [6.07, 6.45) is 4.31. The van der Waals surface area contributed by atoms with Crippen LogP contribution in [0.15, 0.2) is 6.20 Å². The number of carbonyl (C=O) groups is 1. The molecular weight excluding hydrogens is 318 g/mol. The Morgan fingerprint density at radius 3 is 2.80 bits per heavy atom. The number of aryl methyl sites for hydroxylation is 2. The zero-order valence-electron chi connectivity index (χ0n) is 15.3. The summed E-state index contributed by atoms with van der Waals surface area (Å²) in [4.78, 5) is 16.5. The average molecular weight is 345 g/mol.